The van der Waals surface area contributed by atoms with Crippen LogP contribution in [0, 0.1) is 0 Å². The maximum atomic E-state index is 5.11. The molecule has 4 nitrogen and oxygen atoms in total. The van der Waals surface area contributed by atoms with Crippen molar-refractivity contribution in [1.29, 1.82) is 0 Å². The second-order valence-electron chi connectivity index (χ2n) is 13.2. The summed E-state index contributed by atoms with van der Waals surface area (Å²) in [5.41, 5.74) is 12.4. The lowest BCUT2D eigenvalue weighted by Crippen LogP contribution is -2.15. The highest BCUT2D eigenvalue weighted by molar-refractivity contribution is 6.02. The van der Waals surface area contributed by atoms with E-state index in [0.717, 1.165) is 33.4 Å². The third-order valence-corrected chi connectivity index (χ3v) is 9.85. The smallest absolute Gasteiger partial charge is 0.164 e. The second kappa shape index (κ2) is 11.5. The predicted octanol–water partition coefficient (Wildman–Crippen LogP) is 11.1. The molecule has 9 rings (SSSR count). The Bertz CT molecular complexity index is 2380. The summed E-state index contributed by atoms with van der Waals surface area (Å²) in [4.78, 5) is 19.5. The molecule has 2 aromatic heterocycles. The van der Waals surface area contributed by atoms with E-state index in [-0.39, 0.29) is 5.41 Å². The minimum absolute atomic E-state index is 0.168. The van der Waals surface area contributed by atoms with Crippen molar-refractivity contribution in [3.05, 3.63) is 169 Å². The first-order valence-electron chi connectivity index (χ1n) is 16.6. The monoisotopic (exact) mass is 628 g/mol. The molecular weight excluding hydrogens is 597 g/mol. The standard InChI is InChI=1S/C45H32N4/c1-45(2)39-25-23-32-11-6-7-13-37(32)41(39)38-24-22-35(27-40(38)45)44-48-42(33-18-14-30(15-19-33)29-9-4-3-5-10-29)47-43(49-44)34-20-16-31(17-21-34)36-12-8-26-46-28-36/h3-28H,1-2H3. The van der Waals surface area contributed by atoms with E-state index < -0.39 is 0 Å². The van der Waals surface area contributed by atoms with Gasteiger partial charge < -0.3 is 0 Å². The SMILES string of the molecule is CC1(C)c2cc(-c3nc(-c4ccc(-c5ccccc5)cc4)nc(-c4ccc(-c5cccnc5)cc4)n3)ccc2-c2c1ccc1ccccc21. The van der Waals surface area contributed by atoms with Crippen molar-refractivity contribution in [3.8, 4) is 67.5 Å². The van der Waals surface area contributed by atoms with Gasteiger partial charge in [-0.2, -0.15) is 0 Å². The predicted molar refractivity (Wildman–Crippen MR) is 200 cm³/mol. The van der Waals surface area contributed by atoms with Gasteiger partial charge in [0.15, 0.2) is 17.5 Å². The van der Waals surface area contributed by atoms with Gasteiger partial charge in [0.2, 0.25) is 0 Å². The van der Waals surface area contributed by atoms with E-state index in [1.807, 2.05) is 18.3 Å². The minimum atomic E-state index is -0.168. The summed E-state index contributed by atoms with van der Waals surface area (Å²) in [5, 5.41) is 2.55. The summed E-state index contributed by atoms with van der Waals surface area (Å²) < 4.78 is 0. The van der Waals surface area contributed by atoms with Crippen LogP contribution in [-0.4, -0.2) is 19.9 Å². The molecule has 1 aliphatic rings. The number of rotatable bonds is 5. The van der Waals surface area contributed by atoms with Gasteiger partial charge in [-0.25, -0.2) is 15.0 Å². The van der Waals surface area contributed by atoms with Crippen LogP contribution in [0.3, 0.4) is 0 Å². The molecule has 0 N–H and O–H groups in total. The van der Waals surface area contributed by atoms with E-state index in [1.165, 1.54) is 38.6 Å². The highest BCUT2D eigenvalue weighted by Crippen LogP contribution is 2.52. The van der Waals surface area contributed by atoms with Crippen LogP contribution < -0.4 is 0 Å². The highest BCUT2D eigenvalue weighted by atomic mass is 15.0. The lowest BCUT2D eigenvalue weighted by atomic mass is 9.81. The van der Waals surface area contributed by atoms with Crippen molar-refractivity contribution < 1.29 is 0 Å². The highest BCUT2D eigenvalue weighted by Gasteiger charge is 2.36. The number of aromatic nitrogens is 4. The maximum Gasteiger partial charge on any atom is 0.164 e. The summed E-state index contributed by atoms with van der Waals surface area (Å²) >= 11 is 0. The Labute approximate surface area is 285 Å². The zero-order valence-electron chi connectivity index (χ0n) is 27.3. The first kappa shape index (κ1) is 28.9. The maximum absolute atomic E-state index is 5.11. The lowest BCUT2D eigenvalue weighted by molar-refractivity contribution is 0.661. The third kappa shape index (κ3) is 5.01. The largest absolute Gasteiger partial charge is 0.264 e. The summed E-state index contributed by atoms with van der Waals surface area (Å²) in [6.07, 6.45) is 3.67. The van der Waals surface area contributed by atoms with E-state index in [9.17, 15) is 0 Å². The fraction of sp³-hybridized carbons (Fsp3) is 0.0667. The molecule has 0 saturated carbocycles. The molecule has 0 saturated heterocycles. The quantitative estimate of drug-likeness (QED) is 0.190. The summed E-state index contributed by atoms with van der Waals surface area (Å²) in [5.74, 6) is 1.94. The van der Waals surface area contributed by atoms with Crippen molar-refractivity contribution >= 4 is 10.8 Å². The molecule has 0 atom stereocenters. The molecule has 0 amide bonds. The van der Waals surface area contributed by atoms with E-state index in [2.05, 4.69) is 152 Å². The molecule has 2 heterocycles. The Balaban J connectivity index is 1.17. The van der Waals surface area contributed by atoms with Crippen molar-refractivity contribution in [1.82, 2.24) is 19.9 Å². The van der Waals surface area contributed by atoms with Crippen LogP contribution in [0.4, 0.5) is 0 Å². The second-order valence-corrected chi connectivity index (χ2v) is 13.2. The first-order chi connectivity index (χ1) is 24.0. The summed E-state index contributed by atoms with van der Waals surface area (Å²) in [6, 6.07) is 51.2. The number of hydrogen-bond acceptors (Lipinski definition) is 4. The van der Waals surface area contributed by atoms with Crippen LogP contribution in [0.1, 0.15) is 25.0 Å². The Hall–Kier alpha value is -6.26. The van der Waals surface area contributed by atoms with Crippen LogP contribution in [0.15, 0.2) is 158 Å². The van der Waals surface area contributed by atoms with Gasteiger partial charge in [0, 0.05) is 34.5 Å². The average molecular weight is 629 g/mol. The molecule has 1 aliphatic carbocycles. The normalized spacial score (nSPS) is 12.9. The Morgan fingerprint density at radius 2 is 0.980 bits per heavy atom. The number of pyridine rings is 1. The number of fused-ring (bicyclic) bond motifs is 5. The van der Waals surface area contributed by atoms with E-state index in [4.69, 9.17) is 15.0 Å². The van der Waals surface area contributed by atoms with Crippen LogP contribution in [-0.2, 0) is 5.41 Å². The van der Waals surface area contributed by atoms with E-state index in [0.29, 0.717) is 17.5 Å². The van der Waals surface area contributed by atoms with Gasteiger partial charge in [-0.05, 0) is 67.4 Å². The Kier molecular flexibility index (Phi) is 6.77. The molecular formula is C45H32N4. The van der Waals surface area contributed by atoms with Crippen molar-refractivity contribution in [2.75, 3.05) is 0 Å². The van der Waals surface area contributed by atoms with Crippen molar-refractivity contribution in [2.45, 2.75) is 19.3 Å². The number of hydrogen-bond donors (Lipinski definition) is 0. The lowest BCUT2D eigenvalue weighted by Gasteiger charge is -2.22. The zero-order chi connectivity index (χ0) is 33.0. The Morgan fingerprint density at radius 3 is 1.65 bits per heavy atom. The topological polar surface area (TPSA) is 51.6 Å². The summed E-state index contributed by atoms with van der Waals surface area (Å²) in [7, 11) is 0. The molecule has 4 heteroatoms. The van der Waals surface area contributed by atoms with Gasteiger partial charge >= 0.3 is 0 Å². The molecule has 8 aromatic rings. The number of nitrogens with zero attached hydrogens (tertiary/aromatic N) is 4. The average Bonchev–Trinajstić information content (AvgIpc) is 3.41. The van der Waals surface area contributed by atoms with Gasteiger partial charge in [0.25, 0.3) is 0 Å². The van der Waals surface area contributed by atoms with Crippen LogP contribution in [0.5, 0.6) is 0 Å². The molecule has 49 heavy (non-hydrogen) atoms. The fourth-order valence-corrected chi connectivity index (χ4v) is 7.20. The van der Waals surface area contributed by atoms with Crippen molar-refractivity contribution in [3.63, 3.8) is 0 Å². The first-order valence-corrected chi connectivity index (χ1v) is 16.6. The molecule has 0 radical (unpaired) electrons. The van der Waals surface area contributed by atoms with Crippen LogP contribution in [0.25, 0.3) is 78.3 Å². The van der Waals surface area contributed by atoms with Gasteiger partial charge in [-0.1, -0.05) is 147 Å². The molecule has 232 valence electrons. The minimum Gasteiger partial charge on any atom is -0.264 e. The molecule has 6 aromatic carbocycles. The molecule has 0 unspecified atom stereocenters. The Morgan fingerprint density at radius 1 is 0.429 bits per heavy atom. The van der Waals surface area contributed by atoms with Gasteiger partial charge in [0.1, 0.15) is 0 Å². The van der Waals surface area contributed by atoms with Gasteiger partial charge in [0.05, 0.1) is 0 Å². The van der Waals surface area contributed by atoms with Gasteiger partial charge in [-0.3, -0.25) is 4.98 Å². The fourth-order valence-electron chi connectivity index (χ4n) is 7.20. The zero-order valence-corrected chi connectivity index (χ0v) is 27.3. The van der Waals surface area contributed by atoms with Gasteiger partial charge in [-0.15, -0.1) is 0 Å². The molecule has 0 aliphatic heterocycles. The van der Waals surface area contributed by atoms with Crippen LogP contribution >= 0.6 is 0 Å². The van der Waals surface area contributed by atoms with E-state index >= 15 is 0 Å². The van der Waals surface area contributed by atoms with Crippen molar-refractivity contribution in [2.24, 2.45) is 0 Å². The van der Waals surface area contributed by atoms with Crippen LogP contribution in [0.2, 0.25) is 0 Å². The van der Waals surface area contributed by atoms with E-state index in [1.54, 1.807) is 6.20 Å². The molecule has 0 spiro atoms. The molecule has 0 fully saturated rings. The number of benzene rings is 6. The molecule has 0 bridgehead atoms. The summed E-state index contributed by atoms with van der Waals surface area (Å²) in [6.45, 7) is 4.64. The third-order valence-electron chi connectivity index (χ3n) is 9.85.